The summed E-state index contributed by atoms with van der Waals surface area (Å²) < 4.78 is 16.0. The van der Waals surface area contributed by atoms with Gasteiger partial charge in [-0.1, -0.05) is 78.9 Å². The van der Waals surface area contributed by atoms with Crippen molar-refractivity contribution in [2.45, 2.75) is 38.4 Å². The number of esters is 2. The summed E-state index contributed by atoms with van der Waals surface area (Å²) in [5.41, 5.74) is 5.47. The van der Waals surface area contributed by atoms with E-state index in [2.05, 4.69) is 29.6 Å². The first kappa shape index (κ1) is 25.1. The Labute approximate surface area is 210 Å². The van der Waals surface area contributed by atoms with E-state index in [-0.39, 0.29) is 44.6 Å². The van der Waals surface area contributed by atoms with E-state index in [0.29, 0.717) is 0 Å². The maximum absolute atomic E-state index is 12.3. The fourth-order valence-electron chi connectivity index (χ4n) is 4.15. The quantitative estimate of drug-likeness (QED) is 0.320. The van der Waals surface area contributed by atoms with Gasteiger partial charge in [-0.15, -0.1) is 0 Å². The highest BCUT2D eigenvalue weighted by atomic mass is 16.6. The SMILES string of the molecule is C[C@H](OCNC(=O)CCC(=O)OCC1c2ccccc2-c2ccccc21)C(=O)OCc1ccccc1. The van der Waals surface area contributed by atoms with Crippen molar-refractivity contribution < 1.29 is 28.6 Å². The fourth-order valence-corrected chi connectivity index (χ4v) is 4.15. The molecule has 1 aliphatic carbocycles. The maximum Gasteiger partial charge on any atom is 0.335 e. The summed E-state index contributed by atoms with van der Waals surface area (Å²) in [6.07, 6.45) is -0.917. The second-order valence-electron chi connectivity index (χ2n) is 8.56. The molecule has 0 bridgehead atoms. The van der Waals surface area contributed by atoms with Gasteiger partial charge in [0.1, 0.15) is 19.9 Å². The van der Waals surface area contributed by atoms with E-state index in [4.69, 9.17) is 14.2 Å². The number of benzene rings is 3. The normalized spacial score (nSPS) is 12.8. The van der Waals surface area contributed by atoms with Crippen molar-refractivity contribution in [1.82, 2.24) is 5.32 Å². The molecule has 1 amide bonds. The largest absolute Gasteiger partial charge is 0.465 e. The minimum absolute atomic E-state index is 0.0216. The van der Waals surface area contributed by atoms with Gasteiger partial charge in [0, 0.05) is 12.3 Å². The lowest BCUT2D eigenvalue weighted by Crippen LogP contribution is -2.32. The molecule has 0 saturated heterocycles. The number of hydrogen-bond donors (Lipinski definition) is 1. The number of hydrogen-bond acceptors (Lipinski definition) is 6. The summed E-state index contributed by atoms with van der Waals surface area (Å²) in [5.74, 6) is -1.35. The lowest BCUT2D eigenvalue weighted by Gasteiger charge is -2.14. The number of amides is 1. The van der Waals surface area contributed by atoms with E-state index in [1.54, 1.807) is 6.92 Å². The number of ether oxygens (including phenoxy) is 3. The Balaban J connectivity index is 1.14. The van der Waals surface area contributed by atoms with E-state index in [9.17, 15) is 14.4 Å². The molecule has 1 aliphatic rings. The van der Waals surface area contributed by atoms with Crippen LogP contribution in [0.15, 0.2) is 78.9 Å². The molecule has 0 heterocycles. The Morgan fingerprint density at radius 1 is 0.806 bits per heavy atom. The van der Waals surface area contributed by atoms with Crippen LogP contribution in [0.25, 0.3) is 11.1 Å². The van der Waals surface area contributed by atoms with Crippen LogP contribution in [0.2, 0.25) is 0 Å². The molecule has 0 unspecified atom stereocenters. The Morgan fingerprint density at radius 3 is 2.08 bits per heavy atom. The highest BCUT2D eigenvalue weighted by Crippen LogP contribution is 2.44. The molecule has 0 aromatic heterocycles. The number of carbonyl (C=O) groups is 3. The van der Waals surface area contributed by atoms with Gasteiger partial charge < -0.3 is 19.5 Å². The number of carbonyl (C=O) groups excluding carboxylic acids is 3. The van der Waals surface area contributed by atoms with Crippen LogP contribution in [-0.2, 0) is 35.2 Å². The average molecular weight is 488 g/mol. The first-order valence-corrected chi connectivity index (χ1v) is 12.0. The molecular formula is C29H29NO6. The third-order valence-electron chi connectivity index (χ3n) is 6.09. The van der Waals surface area contributed by atoms with E-state index in [1.807, 2.05) is 54.6 Å². The highest BCUT2D eigenvalue weighted by Gasteiger charge is 2.29. The van der Waals surface area contributed by atoms with Crippen LogP contribution < -0.4 is 5.32 Å². The Bertz CT molecular complexity index is 1160. The summed E-state index contributed by atoms with van der Waals surface area (Å²) in [4.78, 5) is 36.4. The smallest absolute Gasteiger partial charge is 0.335 e. The lowest BCUT2D eigenvalue weighted by molar-refractivity contribution is -0.158. The van der Waals surface area contributed by atoms with Crippen LogP contribution in [0.4, 0.5) is 0 Å². The molecule has 1 atom stereocenters. The van der Waals surface area contributed by atoms with E-state index < -0.39 is 18.0 Å². The molecule has 186 valence electrons. The molecule has 0 radical (unpaired) electrons. The average Bonchev–Trinajstić information content (AvgIpc) is 3.23. The van der Waals surface area contributed by atoms with Crippen molar-refractivity contribution in [2.24, 2.45) is 0 Å². The van der Waals surface area contributed by atoms with Gasteiger partial charge in [0.15, 0.2) is 6.10 Å². The van der Waals surface area contributed by atoms with Gasteiger partial charge in [-0.3, -0.25) is 9.59 Å². The van der Waals surface area contributed by atoms with Crippen molar-refractivity contribution in [3.8, 4) is 11.1 Å². The zero-order valence-corrected chi connectivity index (χ0v) is 20.1. The van der Waals surface area contributed by atoms with Crippen LogP contribution in [0, 0.1) is 0 Å². The van der Waals surface area contributed by atoms with Crippen molar-refractivity contribution in [1.29, 1.82) is 0 Å². The number of nitrogens with one attached hydrogen (secondary N) is 1. The summed E-state index contributed by atoms with van der Waals surface area (Å²) in [6.45, 7) is 1.77. The summed E-state index contributed by atoms with van der Waals surface area (Å²) in [6, 6.07) is 25.5. The molecule has 4 rings (SSSR count). The zero-order valence-electron chi connectivity index (χ0n) is 20.1. The van der Waals surface area contributed by atoms with Gasteiger partial charge in [-0.05, 0) is 34.7 Å². The Hall–Kier alpha value is -3.97. The van der Waals surface area contributed by atoms with Gasteiger partial charge in [-0.25, -0.2) is 4.79 Å². The molecule has 0 fully saturated rings. The standard InChI is InChI=1S/C29H29NO6/c1-20(29(33)35-17-21-9-3-2-4-10-21)36-19-30-27(31)15-16-28(32)34-18-26-24-13-7-5-11-22(24)23-12-6-8-14-25(23)26/h2-14,20,26H,15-19H2,1H3,(H,30,31)/t20-/m0/s1. The Morgan fingerprint density at radius 2 is 1.42 bits per heavy atom. The third kappa shape index (κ3) is 6.37. The lowest BCUT2D eigenvalue weighted by atomic mass is 9.98. The van der Waals surface area contributed by atoms with Crippen LogP contribution in [0.3, 0.4) is 0 Å². The molecule has 3 aromatic carbocycles. The maximum atomic E-state index is 12.3. The molecule has 0 saturated carbocycles. The first-order chi connectivity index (χ1) is 17.5. The molecule has 0 aliphatic heterocycles. The minimum Gasteiger partial charge on any atom is -0.465 e. The van der Waals surface area contributed by atoms with Crippen LogP contribution in [-0.4, -0.2) is 37.3 Å². The second kappa shape index (κ2) is 12.1. The summed E-state index contributed by atoms with van der Waals surface area (Å²) in [7, 11) is 0. The first-order valence-electron chi connectivity index (χ1n) is 12.0. The van der Waals surface area contributed by atoms with Gasteiger partial charge in [0.05, 0.1) is 6.42 Å². The highest BCUT2D eigenvalue weighted by molar-refractivity contribution is 5.82. The zero-order chi connectivity index (χ0) is 25.3. The number of fused-ring (bicyclic) bond motifs is 3. The predicted molar refractivity (Wildman–Crippen MR) is 134 cm³/mol. The van der Waals surface area contributed by atoms with Crippen molar-refractivity contribution in [2.75, 3.05) is 13.3 Å². The fraction of sp³-hybridized carbons (Fsp3) is 0.276. The number of rotatable bonds is 11. The molecule has 7 nitrogen and oxygen atoms in total. The topological polar surface area (TPSA) is 90.9 Å². The molecular weight excluding hydrogens is 458 g/mol. The van der Waals surface area contributed by atoms with E-state index in [1.165, 1.54) is 0 Å². The molecule has 1 N–H and O–H groups in total. The van der Waals surface area contributed by atoms with Gasteiger partial charge in [0.25, 0.3) is 0 Å². The molecule has 7 heteroatoms. The third-order valence-corrected chi connectivity index (χ3v) is 6.09. The predicted octanol–water partition coefficient (Wildman–Crippen LogP) is 4.34. The van der Waals surface area contributed by atoms with Crippen LogP contribution in [0.5, 0.6) is 0 Å². The summed E-state index contributed by atoms with van der Waals surface area (Å²) in [5, 5.41) is 2.54. The van der Waals surface area contributed by atoms with Gasteiger partial charge >= 0.3 is 11.9 Å². The van der Waals surface area contributed by atoms with Crippen molar-refractivity contribution >= 4 is 17.8 Å². The molecule has 36 heavy (non-hydrogen) atoms. The monoisotopic (exact) mass is 487 g/mol. The van der Waals surface area contributed by atoms with E-state index >= 15 is 0 Å². The van der Waals surface area contributed by atoms with Crippen molar-refractivity contribution in [3.63, 3.8) is 0 Å². The van der Waals surface area contributed by atoms with Crippen LogP contribution >= 0.6 is 0 Å². The summed E-state index contributed by atoms with van der Waals surface area (Å²) >= 11 is 0. The minimum atomic E-state index is -0.837. The second-order valence-corrected chi connectivity index (χ2v) is 8.56. The van der Waals surface area contributed by atoms with Crippen LogP contribution in [0.1, 0.15) is 42.4 Å². The molecule has 3 aromatic rings. The van der Waals surface area contributed by atoms with Crippen molar-refractivity contribution in [3.05, 3.63) is 95.6 Å². The van der Waals surface area contributed by atoms with Gasteiger partial charge in [-0.2, -0.15) is 0 Å². The van der Waals surface area contributed by atoms with E-state index in [0.717, 1.165) is 27.8 Å². The molecule has 0 spiro atoms. The Kier molecular flexibility index (Phi) is 8.47. The van der Waals surface area contributed by atoms with Gasteiger partial charge in [0.2, 0.25) is 5.91 Å².